The third-order valence-electron chi connectivity index (χ3n) is 3.94. The minimum atomic E-state index is -3.70. The van der Waals surface area contributed by atoms with Crippen LogP contribution < -0.4 is 14.8 Å². The highest BCUT2D eigenvalue weighted by molar-refractivity contribution is 7.92. The van der Waals surface area contributed by atoms with E-state index < -0.39 is 10.0 Å². The normalized spacial score (nSPS) is 11.3. The molecule has 1 amide bonds. The molecule has 0 bridgehead atoms. The molecule has 0 aliphatic heterocycles. The van der Waals surface area contributed by atoms with E-state index in [0.29, 0.717) is 30.2 Å². The fourth-order valence-corrected chi connectivity index (χ4v) is 3.63. The molecule has 8 heteroatoms. The Morgan fingerprint density at radius 3 is 2.48 bits per heavy atom. The van der Waals surface area contributed by atoms with Gasteiger partial charge in [0.25, 0.3) is 15.9 Å². The Hall–Kier alpha value is -2.58. The lowest BCUT2D eigenvalue weighted by Crippen LogP contribution is -2.30. The number of rotatable bonds is 11. The molecule has 0 aliphatic rings. The number of para-hydroxylation sites is 1. The molecule has 2 rings (SSSR count). The number of carbonyl (C=O) groups is 1. The summed E-state index contributed by atoms with van der Waals surface area (Å²) in [4.78, 5) is 12.0. The number of ether oxygens (including phenoxy) is 2. The Labute approximate surface area is 172 Å². The van der Waals surface area contributed by atoms with Gasteiger partial charge in [0.1, 0.15) is 5.75 Å². The summed E-state index contributed by atoms with van der Waals surface area (Å²) in [6.45, 7) is 6.62. The summed E-state index contributed by atoms with van der Waals surface area (Å²) in [5.41, 5.74) is 1.11. The number of hydrogen-bond acceptors (Lipinski definition) is 5. The van der Waals surface area contributed by atoms with Crippen LogP contribution in [0.3, 0.4) is 0 Å². The van der Waals surface area contributed by atoms with Crippen molar-refractivity contribution >= 4 is 21.6 Å². The van der Waals surface area contributed by atoms with Crippen molar-refractivity contribution in [3.8, 4) is 5.75 Å². The SMILES string of the molecule is Cc1cc(S(=O)(=O)Nc2ccccc2)ccc1OCC(=O)NCCCOC(C)C. The van der Waals surface area contributed by atoms with E-state index >= 15 is 0 Å². The van der Waals surface area contributed by atoms with E-state index in [0.717, 1.165) is 6.42 Å². The van der Waals surface area contributed by atoms with E-state index in [1.54, 1.807) is 37.3 Å². The molecular formula is C21H28N2O5S. The molecule has 2 N–H and O–H groups in total. The first kappa shape index (κ1) is 22.7. The Bertz CT molecular complexity index is 899. The molecule has 0 heterocycles. The number of sulfonamides is 1. The van der Waals surface area contributed by atoms with Gasteiger partial charge in [0, 0.05) is 18.8 Å². The van der Waals surface area contributed by atoms with Crippen LogP contribution in [0.2, 0.25) is 0 Å². The van der Waals surface area contributed by atoms with Crippen molar-refractivity contribution in [3.05, 3.63) is 54.1 Å². The van der Waals surface area contributed by atoms with E-state index in [1.807, 2.05) is 19.9 Å². The van der Waals surface area contributed by atoms with Gasteiger partial charge in [-0.25, -0.2) is 8.42 Å². The quantitative estimate of drug-likeness (QED) is 0.545. The molecule has 29 heavy (non-hydrogen) atoms. The molecule has 0 atom stereocenters. The van der Waals surface area contributed by atoms with Crippen LogP contribution in [0.25, 0.3) is 0 Å². The highest BCUT2D eigenvalue weighted by atomic mass is 32.2. The third-order valence-corrected chi connectivity index (χ3v) is 5.31. The summed E-state index contributed by atoms with van der Waals surface area (Å²) in [6, 6.07) is 13.2. The minimum absolute atomic E-state index is 0.126. The van der Waals surface area contributed by atoms with Gasteiger partial charge >= 0.3 is 0 Å². The second-order valence-electron chi connectivity index (χ2n) is 6.81. The summed E-state index contributed by atoms with van der Waals surface area (Å²) < 4.78 is 38.5. The Morgan fingerprint density at radius 1 is 1.10 bits per heavy atom. The molecule has 0 fully saturated rings. The number of amides is 1. The summed E-state index contributed by atoms with van der Waals surface area (Å²) in [7, 11) is -3.70. The second kappa shape index (κ2) is 10.8. The highest BCUT2D eigenvalue weighted by Gasteiger charge is 2.16. The van der Waals surface area contributed by atoms with Crippen molar-refractivity contribution in [2.24, 2.45) is 0 Å². The van der Waals surface area contributed by atoms with Crippen molar-refractivity contribution in [1.82, 2.24) is 5.32 Å². The Balaban J connectivity index is 1.86. The van der Waals surface area contributed by atoms with Crippen LogP contribution in [-0.2, 0) is 19.6 Å². The second-order valence-corrected chi connectivity index (χ2v) is 8.49. The summed E-state index contributed by atoms with van der Waals surface area (Å²) in [6.07, 6.45) is 0.899. The van der Waals surface area contributed by atoms with Gasteiger partial charge in [-0.2, -0.15) is 0 Å². The molecule has 2 aromatic rings. The lowest BCUT2D eigenvalue weighted by molar-refractivity contribution is -0.123. The van der Waals surface area contributed by atoms with Crippen LogP contribution in [-0.4, -0.2) is 40.2 Å². The van der Waals surface area contributed by atoms with Crippen LogP contribution in [0.15, 0.2) is 53.4 Å². The van der Waals surface area contributed by atoms with Crippen molar-refractivity contribution < 1.29 is 22.7 Å². The number of aryl methyl sites for hydroxylation is 1. The first-order valence-electron chi connectivity index (χ1n) is 9.47. The van der Waals surface area contributed by atoms with Gasteiger partial charge in [0.2, 0.25) is 0 Å². The smallest absolute Gasteiger partial charge is 0.261 e. The number of anilines is 1. The molecular weight excluding hydrogens is 392 g/mol. The summed E-state index contributed by atoms with van der Waals surface area (Å²) >= 11 is 0. The van der Waals surface area contributed by atoms with Crippen molar-refractivity contribution in [3.63, 3.8) is 0 Å². The first-order chi connectivity index (χ1) is 13.8. The molecule has 158 valence electrons. The van der Waals surface area contributed by atoms with E-state index in [9.17, 15) is 13.2 Å². The molecule has 2 aromatic carbocycles. The number of carbonyl (C=O) groups excluding carboxylic acids is 1. The number of hydrogen-bond donors (Lipinski definition) is 2. The standard InChI is InChI=1S/C21H28N2O5S/c1-16(2)27-13-7-12-22-21(24)15-28-20-11-10-19(14-17(20)3)29(25,26)23-18-8-5-4-6-9-18/h4-6,8-11,14,16,23H,7,12-13,15H2,1-3H3,(H,22,24). The van der Waals surface area contributed by atoms with Crippen LogP contribution >= 0.6 is 0 Å². The number of nitrogens with one attached hydrogen (secondary N) is 2. The summed E-state index contributed by atoms with van der Waals surface area (Å²) in [5.74, 6) is 0.221. The van der Waals surface area contributed by atoms with Gasteiger partial charge in [-0.1, -0.05) is 18.2 Å². The van der Waals surface area contributed by atoms with Crippen molar-refractivity contribution in [1.29, 1.82) is 0 Å². The van der Waals surface area contributed by atoms with Gasteiger partial charge < -0.3 is 14.8 Å². The maximum atomic E-state index is 12.5. The Kier molecular flexibility index (Phi) is 8.48. The zero-order valence-electron chi connectivity index (χ0n) is 17.0. The maximum absolute atomic E-state index is 12.5. The molecule has 0 saturated carbocycles. The minimum Gasteiger partial charge on any atom is -0.484 e. The predicted molar refractivity (Wildman–Crippen MR) is 113 cm³/mol. The fourth-order valence-electron chi connectivity index (χ4n) is 2.48. The fraction of sp³-hybridized carbons (Fsp3) is 0.381. The third kappa shape index (κ3) is 7.75. The average Bonchev–Trinajstić information content (AvgIpc) is 2.67. The van der Waals surface area contributed by atoms with Crippen molar-refractivity contribution in [2.45, 2.75) is 38.2 Å². The molecule has 0 radical (unpaired) electrons. The largest absolute Gasteiger partial charge is 0.484 e. The average molecular weight is 421 g/mol. The highest BCUT2D eigenvalue weighted by Crippen LogP contribution is 2.23. The molecule has 0 saturated heterocycles. The first-order valence-corrected chi connectivity index (χ1v) is 11.0. The predicted octanol–water partition coefficient (Wildman–Crippen LogP) is 3.11. The van der Waals surface area contributed by atoms with E-state index in [4.69, 9.17) is 9.47 Å². The zero-order chi connectivity index (χ0) is 21.3. The van der Waals surface area contributed by atoms with Gasteiger partial charge in [-0.05, 0) is 63.1 Å². The lowest BCUT2D eigenvalue weighted by Gasteiger charge is -2.12. The van der Waals surface area contributed by atoms with Gasteiger partial charge in [-0.15, -0.1) is 0 Å². The van der Waals surface area contributed by atoms with Crippen LogP contribution in [0.5, 0.6) is 5.75 Å². The molecule has 0 spiro atoms. The zero-order valence-corrected chi connectivity index (χ0v) is 17.8. The van der Waals surface area contributed by atoms with E-state index in [-0.39, 0.29) is 23.5 Å². The molecule has 0 unspecified atom stereocenters. The van der Waals surface area contributed by atoms with Crippen LogP contribution in [0.4, 0.5) is 5.69 Å². The summed E-state index contributed by atoms with van der Waals surface area (Å²) in [5, 5.41) is 2.76. The molecule has 0 aliphatic carbocycles. The maximum Gasteiger partial charge on any atom is 0.261 e. The van der Waals surface area contributed by atoms with E-state index in [2.05, 4.69) is 10.0 Å². The molecule has 7 nitrogen and oxygen atoms in total. The topological polar surface area (TPSA) is 93.7 Å². The molecule has 0 aromatic heterocycles. The Morgan fingerprint density at radius 2 is 1.83 bits per heavy atom. The van der Waals surface area contributed by atoms with E-state index in [1.165, 1.54) is 12.1 Å². The van der Waals surface area contributed by atoms with Crippen LogP contribution in [0, 0.1) is 6.92 Å². The van der Waals surface area contributed by atoms with Gasteiger partial charge in [0.05, 0.1) is 11.0 Å². The lowest BCUT2D eigenvalue weighted by atomic mass is 10.2. The van der Waals surface area contributed by atoms with Gasteiger partial charge in [0.15, 0.2) is 6.61 Å². The van der Waals surface area contributed by atoms with Crippen LogP contribution in [0.1, 0.15) is 25.8 Å². The van der Waals surface area contributed by atoms with Crippen molar-refractivity contribution in [2.75, 3.05) is 24.5 Å². The van der Waals surface area contributed by atoms with Gasteiger partial charge in [-0.3, -0.25) is 9.52 Å². The monoisotopic (exact) mass is 420 g/mol. The number of benzene rings is 2.